The lowest BCUT2D eigenvalue weighted by Crippen LogP contribution is -2.14. The predicted molar refractivity (Wildman–Crippen MR) is 82.1 cm³/mol. The molecule has 0 radical (unpaired) electrons. The molecule has 3 aromatic heterocycles. The van der Waals surface area contributed by atoms with Gasteiger partial charge in [-0.25, -0.2) is 4.52 Å². The zero-order valence-electron chi connectivity index (χ0n) is 11.2. The van der Waals surface area contributed by atoms with Gasteiger partial charge in [-0.2, -0.15) is 4.98 Å². The molecule has 0 aliphatic heterocycles. The molecule has 0 atom stereocenters. The number of nitrogens with zero attached hydrogens (tertiary/aromatic N) is 3. The minimum Gasteiger partial charge on any atom is -0.293 e. The van der Waals surface area contributed by atoms with Gasteiger partial charge in [0, 0.05) is 18.2 Å². The highest BCUT2D eigenvalue weighted by Crippen LogP contribution is 2.16. The molecule has 0 saturated heterocycles. The summed E-state index contributed by atoms with van der Waals surface area (Å²) in [6.07, 6.45) is 0.316. The van der Waals surface area contributed by atoms with Crippen LogP contribution in [0.5, 0.6) is 0 Å². The van der Waals surface area contributed by atoms with Crippen LogP contribution in [-0.2, 0) is 4.79 Å². The van der Waals surface area contributed by atoms with E-state index in [0.29, 0.717) is 4.88 Å². The van der Waals surface area contributed by atoms with Crippen LogP contribution in [0, 0.1) is 6.92 Å². The quantitative estimate of drug-likeness (QED) is 0.733. The summed E-state index contributed by atoms with van der Waals surface area (Å²) in [4.78, 5) is 29.2. The summed E-state index contributed by atoms with van der Waals surface area (Å²) < 4.78 is 1.68. The van der Waals surface area contributed by atoms with Crippen molar-refractivity contribution in [1.82, 2.24) is 14.6 Å². The van der Waals surface area contributed by atoms with Crippen molar-refractivity contribution in [2.75, 3.05) is 5.32 Å². The molecular weight excluding hydrogens is 308 g/mol. The highest BCUT2D eigenvalue weighted by Gasteiger charge is 2.13. The van der Waals surface area contributed by atoms with E-state index in [1.54, 1.807) is 10.6 Å². The molecule has 108 valence electrons. The molecule has 3 heterocycles. The van der Waals surface area contributed by atoms with Crippen molar-refractivity contribution in [3.8, 4) is 0 Å². The number of thiazole rings is 1. The molecule has 0 unspecified atom stereocenters. The molecule has 0 aromatic carbocycles. The van der Waals surface area contributed by atoms with Gasteiger partial charge in [-0.15, -0.1) is 27.8 Å². The van der Waals surface area contributed by atoms with Crippen LogP contribution >= 0.6 is 22.7 Å². The molecule has 3 rings (SSSR count). The Morgan fingerprint density at radius 1 is 1.33 bits per heavy atom. The zero-order chi connectivity index (χ0) is 14.8. The molecule has 0 bridgehead atoms. The number of carbonyl (C=O) groups excluding carboxylic acids is 2. The van der Waals surface area contributed by atoms with E-state index in [-0.39, 0.29) is 30.5 Å². The number of anilines is 1. The number of ketones is 1. The van der Waals surface area contributed by atoms with Crippen LogP contribution in [0.1, 0.15) is 28.2 Å². The van der Waals surface area contributed by atoms with Crippen molar-refractivity contribution in [3.05, 3.63) is 33.5 Å². The first kappa shape index (κ1) is 13.9. The summed E-state index contributed by atoms with van der Waals surface area (Å²) >= 11 is 2.85. The van der Waals surface area contributed by atoms with Crippen LogP contribution in [0.4, 0.5) is 5.95 Å². The number of rotatable bonds is 5. The number of nitrogens with one attached hydrogen (secondary N) is 1. The lowest BCUT2D eigenvalue weighted by molar-refractivity contribution is -0.116. The Morgan fingerprint density at radius 3 is 2.90 bits per heavy atom. The van der Waals surface area contributed by atoms with E-state index in [1.807, 2.05) is 23.8 Å². The van der Waals surface area contributed by atoms with Gasteiger partial charge in [-0.1, -0.05) is 6.07 Å². The fourth-order valence-corrected chi connectivity index (χ4v) is 3.31. The number of fused-ring (bicyclic) bond motifs is 1. The SMILES string of the molecule is Cc1csc2nc(NC(=O)CCC(=O)c3cccs3)nn12. The minimum atomic E-state index is -0.254. The van der Waals surface area contributed by atoms with Gasteiger partial charge < -0.3 is 0 Å². The average molecular weight is 320 g/mol. The summed E-state index contributed by atoms with van der Waals surface area (Å²) in [6, 6.07) is 3.58. The van der Waals surface area contributed by atoms with E-state index in [4.69, 9.17) is 0 Å². The number of aryl methyl sites for hydroxylation is 1. The third-order valence-electron chi connectivity index (χ3n) is 2.87. The van der Waals surface area contributed by atoms with Gasteiger partial charge in [-0.3, -0.25) is 14.9 Å². The second-order valence-electron chi connectivity index (χ2n) is 4.46. The maximum atomic E-state index is 11.8. The van der Waals surface area contributed by atoms with Gasteiger partial charge >= 0.3 is 0 Å². The first-order valence-electron chi connectivity index (χ1n) is 6.31. The zero-order valence-corrected chi connectivity index (χ0v) is 12.8. The number of thiophene rings is 1. The number of aromatic nitrogens is 3. The van der Waals surface area contributed by atoms with Crippen LogP contribution in [-0.4, -0.2) is 26.3 Å². The fourth-order valence-electron chi connectivity index (χ4n) is 1.82. The molecule has 0 spiro atoms. The lowest BCUT2D eigenvalue weighted by Gasteiger charge is -1.99. The minimum absolute atomic E-state index is 0.0187. The van der Waals surface area contributed by atoms with Gasteiger partial charge in [0.1, 0.15) is 0 Å². The number of Topliss-reactive ketones (excluding diaryl/α,β-unsaturated/α-hetero) is 1. The summed E-state index contributed by atoms with van der Waals surface area (Å²) in [5.74, 6) is 0.00381. The molecule has 0 fully saturated rings. The lowest BCUT2D eigenvalue weighted by atomic mass is 10.2. The Morgan fingerprint density at radius 2 is 2.19 bits per heavy atom. The average Bonchev–Trinajstić information content (AvgIpc) is 3.16. The predicted octanol–water partition coefficient (Wildman–Crippen LogP) is 2.76. The Balaban J connectivity index is 1.57. The fraction of sp³-hybridized carbons (Fsp3) is 0.231. The van der Waals surface area contributed by atoms with Gasteiger partial charge in [0.15, 0.2) is 5.78 Å². The monoisotopic (exact) mass is 320 g/mol. The van der Waals surface area contributed by atoms with Crippen LogP contribution in [0.15, 0.2) is 22.9 Å². The van der Waals surface area contributed by atoms with Gasteiger partial charge in [0.25, 0.3) is 0 Å². The Hall–Kier alpha value is -2.06. The molecule has 0 aliphatic carbocycles. The third kappa shape index (κ3) is 3.01. The molecule has 0 saturated carbocycles. The summed E-state index contributed by atoms with van der Waals surface area (Å²) in [5.41, 5.74) is 0.968. The number of amides is 1. The van der Waals surface area contributed by atoms with E-state index in [1.165, 1.54) is 22.7 Å². The number of hydrogen-bond donors (Lipinski definition) is 1. The topological polar surface area (TPSA) is 76.4 Å². The summed E-state index contributed by atoms with van der Waals surface area (Å²) in [6.45, 7) is 1.92. The molecule has 1 amide bonds. The first-order chi connectivity index (χ1) is 10.1. The van der Waals surface area contributed by atoms with E-state index in [9.17, 15) is 9.59 Å². The Kier molecular flexibility index (Phi) is 3.80. The van der Waals surface area contributed by atoms with Gasteiger partial charge in [0.05, 0.1) is 10.6 Å². The molecule has 21 heavy (non-hydrogen) atoms. The summed E-state index contributed by atoms with van der Waals surface area (Å²) in [5, 5.41) is 10.6. The first-order valence-corrected chi connectivity index (χ1v) is 8.07. The second kappa shape index (κ2) is 5.74. The molecule has 6 nitrogen and oxygen atoms in total. The van der Waals surface area contributed by atoms with Crippen molar-refractivity contribution in [1.29, 1.82) is 0 Å². The van der Waals surface area contributed by atoms with Crippen molar-refractivity contribution < 1.29 is 9.59 Å². The van der Waals surface area contributed by atoms with Crippen molar-refractivity contribution >= 4 is 45.3 Å². The normalized spacial score (nSPS) is 10.9. The highest BCUT2D eigenvalue weighted by atomic mass is 32.1. The third-order valence-corrected chi connectivity index (χ3v) is 4.72. The largest absolute Gasteiger partial charge is 0.293 e. The number of hydrogen-bond acceptors (Lipinski definition) is 6. The van der Waals surface area contributed by atoms with Crippen LogP contribution in [0.25, 0.3) is 4.96 Å². The second-order valence-corrected chi connectivity index (χ2v) is 6.24. The molecule has 0 aliphatic rings. The maximum absolute atomic E-state index is 11.8. The molecule has 8 heteroatoms. The van der Waals surface area contributed by atoms with Crippen molar-refractivity contribution in [3.63, 3.8) is 0 Å². The summed E-state index contributed by atoms with van der Waals surface area (Å²) in [7, 11) is 0. The van der Waals surface area contributed by atoms with Crippen molar-refractivity contribution in [2.24, 2.45) is 0 Å². The van der Waals surface area contributed by atoms with Crippen LogP contribution in [0.2, 0.25) is 0 Å². The van der Waals surface area contributed by atoms with E-state index in [0.717, 1.165) is 10.7 Å². The van der Waals surface area contributed by atoms with Crippen molar-refractivity contribution in [2.45, 2.75) is 19.8 Å². The van der Waals surface area contributed by atoms with Gasteiger partial charge in [0.2, 0.25) is 16.8 Å². The highest BCUT2D eigenvalue weighted by molar-refractivity contribution is 7.15. The number of carbonyl (C=O) groups is 2. The maximum Gasteiger partial charge on any atom is 0.250 e. The smallest absolute Gasteiger partial charge is 0.250 e. The van der Waals surface area contributed by atoms with Gasteiger partial charge in [-0.05, 0) is 18.4 Å². The molecule has 3 aromatic rings. The Bertz CT molecular complexity index is 788. The van der Waals surface area contributed by atoms with Crippen LogP contribution in [0.3, 0.4) is 0 Å². The van der Waals surface area contributed by atoms with E-state index in [2.05, 4.69) is 15.4 Å². The van der Waals surface area contributed by atoms with E-state index >= 15 is 0 Å². The molecular formula is C13H12N4O2S2. The van der Waals surface area contributed by atoms with E-state index < -0.39 is 0 Å². The Labute approximate surface area is 128 Å². The van der Waals surface area contributed by atoms with Crippen LogP contribution < -0.4 is 5.32 Å². The standard InChI is InChI=1S/C13H12N4O2S2/c1-8-7-21-13-15-12(16-17(8)13)14-11(19)5-4-9(18)10-3-2-6-20-10/h2-3,6-7H,4-5H2,1H3,(H,14,16,19). The molecule has 1 N–H and O–H groups in total.